The van der Waals surface area contributed by atoms with Crippen molar-refractivity contribution in [2.24, 2.45) is 0 Å². The highest BCUT2D eigenvalue weighted by molar-refractivity contribution is 5.65. The highest BCUT2D eigenvalue weighted by Gasteiger charge is 2.13. The van der Waals surface area contributed by atoms with Gasteiger partial charge in [-0.05, 0) is 25.5 Å². The molecular weight excluding hydrogens is 228 g/mol. The van der Waals surface area contributed by atoms with Gasteiger partial charge in [0.05, 0.1) is 26.0 Å². The lowest BCUT2D eigenvalue weighted by atomic mass is 10.1. The first-order valence-corrected chi connectivity index (χ1v) is 5.95. The first kappa shape index (κ1) is 14.2. The Hall–Kier alpha value is -1.89. The molecule has 0 aromatic heterocycles. The number of ether oxygens (including phenoxy) is 2. The Morgan fingerprint density at radius 3 is 2.56 bits per heavy atom. The van der Waals surface area contributed by atoms with Crippen LogP contribution in [0.5, 0.6) is 11.5 Å². The lowest BCUT2D eigenvalue weighted by Crippen LogP contribution is -2.19. The number of methoxy groups -OCH3 is 2. The Kier molecular flexibility index (Phi) is 5.31. The number of anilines is 1. The highest BCUT2D eigenvalue weighted by Crippen LogP contribution is 2.36. The summed E-state index contributed by atoms with van der Waals surface area (Å²) in [6.07, 6.45) is 1.42. The molecule has 0 spiro atoms. The van der Waals surface area contributed by atoms with Crippen molar-refractivity contribution in [3.63, 3.8) is 0 Å². The van der Waals surface area contributed by atoms with Crippen molar-refractivity contribution in [2.45, 2.75) is 19.8 Å². The maximum Gasteiger partial charge on any atom is 0.148 e. The van der Waals surface area contributed by atoms with Crippen LogP contribution in [-0.4, -0.2) is 27.8 Å². The standard InChI is InChI=1S/C14H20N2O2/c1-11-13(17-3)8-7-12(14(11)18-4)16(2)10-6-5-9-15/h7-8H,5-6,10H2,1-4H3. The van der Waals surface area contributed by atoms with E-state index in [0.717, 1.165) is 35.7 Å². The predicted molar refractivity (Wildman–Crippen MR) is 72.4 cm³/mol. The Morgan fingerprint density at radius 1 is 1.28 bits per heavy atom. The van der Waals surface area contributed by atoms with Crippen molar-refractivity contribution < 1.29 is 9.47 Å². The van der Waals surface area contributed by atoms with Gasteiger partial charge in [0.1, 0.15) is 11.5 Å². The van der Waals surface area contributed by atoms with Gasteiger partial charge in [-0.15, -0.1) is 0 Å². The van der Waals surface area contributed by atoms with E-state index in [9.17, 15) is 0 Å². The zero-order valence-corrected chi connectivity index (χ0v) is 11.5. The van der Waals surface area contributed by atoms with E-state index >= 15 is 0 Å². The van der Waals surface area contributed by atoms with Crippen molar-refractivity contribution >= 4 is 5.69 Å². The summed E-state index contributed by atoms with van der Waals surface area (Å²) in [7, 11) is 5.31. The molecule has 1 aromatic carbocycles. The summed E-state index contributed by atoms with van der Waals surface area (Å²) < 4.78 is 10.7. The van der Waals surface area contributed by atoms with E-state index in [2.05, 4.69) is 11.0 Å². The van der Waals surface area contributed by atoms with Gasteiger partial charge in [-0.3, -0.25) is 0 Å². The van der Waals surface area contributed by atoms with Crippen molar-refractivity contribution in [2.75, 3.05) is 32.7 Å². The predicted octanol–water partition coefficient (Wildman–Crippen LogP) is 2.75. The van der Waals surface area contributed by atoms with E-state index < -0.39 is 0 Å². The molecule has 98 valence electrons. The van der Waals surface area contributed by atoms with Gasteiger partial charge in [-0.1, -0.05) is 0 Å². The summed E-state index contributed by atoms with van der Waals surface area (Å²) in [4.78, 5) is 2.10. The average molecular weight is 248 g/mol. The highest BCUT2D eigenvalue weighted by atomic mass is 16.5. The van der Waals surface area contributed by atoms with Gasteiger partial charge in [-0.2, -0.15) is 5.26 Å². The van der Waals surface area contributed by atoms with Crippen LogP contribution in [-0.2, 0) is 0 Å². The third-order valence-electron chi connectivity index (χ3n) is 2.95. The van der Waals surface area contributed by atoms with Crippen LogP contribution in [0, 0.1) is 18.3 Å². The number of unbranched alkanes of at least 4 members (excludes halogenated alkanes) is 1. The van der Waals surface area contributed by atoms with Gasteiger partial charge >= 0.3 is 0 Å². The van der Waals surface area contributed by atoms with E-state index in [1.54, 1.807) is 14.2 Å². The minimum absolute atomic E-state index is 0.571. The van der Waals surface area contributed by atoms with Gasteiger partial charge in [0.2, 0.25) is 0 Å². The minimum Gasteiger partial charge on any atom is -0.496 e. The molecule has 0 radical (unpaired) electrons. The number of nitriles is 1. The summed E-state index contributed by atoms with van der Waals surface area (Å²) in [5, 5.41) is 8.55. The Bertz CT molecular complexity index is 438. The second-order valence-electron chi connectivity index (χ2n) is 4.13. The first-order chi connectivity index (χ1) is 8.65. The third kappa shape index (κ3) is 3.07. The third-order valence-corrected chi connectivity index (χ3v) is 2.95. The molecule has 0 fully saturated rings. The summed E-state index contributed by atoms with van der Waals surface area (Å²) in [5.74, 6) is 1.65. The quantitative estimate of drug-likeness (QED) is 0.726. The molecule has 0 saturated heterocycles. The molecule has 1 rings (SSSR count). The molecular formula is C14H20N2O2. The number of rotatable bonds is 6. The topological polar surface area (TPSA) is 45.5 Å². The molecule has 18 heavy (non-hydrogen) atoms. The van der Waals surface area contributed by atoms with Crippen molar-refractivity contribution in [1.29, 1.82) is 5.26 Å². The number of benzene rings is 1. The molecule has 0 heterocycles. The molecule has 1 aromatic rings. The maximum atomic E-state index is 8.55. The largest absolute Gasteiger partial charge is 0.496 e. The molecule has 0 amide bonds. The molecule has 4 nitrogen and oxygen atoms in total. The van der Waals surface area contributed by atoms with Gasteiger partial charge in [0.25, 0.3) is 0 Å². The van der Waals surface area contributed by atoms with Crippen LogP contribution in [0.2, 0.25) is 0 Å². The fraction of sp³-hybridized carbons (Fsp3) is 0.500. The Morgan fingerprint density at radius 2 is 2.00 bits per heavy atom. The second-order valence-corrected chi connectivity index (χ2v) is 4.13. The van der Waals surface area contributed by atoms with E-state index in [1.165, 1.54) is 0 Å². The summed E-state index contributed by atoms with van der Waals surface area (Å²) in [6.45, 7) is 2.81. The zero-order valence-electron chi connectivity index (χ0n) is 11.5. The van der Waals surface area contributed by atoms with Gasteiger partial charge in [0, 0.05) is 25.6 Å². The van der Waals surface area contributed by atoms with Crippen LogP contribution >= 0.6 is 0 Å². The second kappa shape index (κ2) is 6.75. The van der Waals surface area contributed by atoms with E-state index in [0.29, 0.717) is 6.42 Å². The lowest BCUT2D eigenvalue weighted by Gasteiger charge is -2.23. The smallest absolute Gasteiger partial charge is 0.148 e. The SMILES string of the molecule is COc1ccc(N(C)CCCC#N)c(OC)c1C. The Balaban J connectivity index is 2.95. The average Bonchev–Trinajstić information content (AvgIpc) is 2.38. The van der Waals surface area contributed by atoms with E-state index in [-0.39, 0.29) is 0 Å². The normalized spacial score (nSPS) is 9.72. The monoisotopic (exact) mass is 248 g/mol. The lowest BCUT2D eigenvalue weighted by molar-refractivity contribution is 0.389. The van der Waals surface area contributed by atoms with Crippen LogP contribution in [0.3, 0.4) is 0 Å². The molecule has 0 aliphatic carbocycles. The van der Waals surface area contributed by atoms with Crippen LogP contribution in [0.1, 0.15) is 18.4 Å². The molecule has 4 heteroatoms. The van der Waals surface area contributed by atoms with Crippen LogP contribution in [0.15, 0.2) is 12.1 Å². The van der Waals surface area contributed by atoms with Gasteiger partial charge < -0.3 is 14.4 Å². The van der Waals surface area contributed by atoms with Crippen LogP contribution in [0.4, 0.5) is 5.69 Å². The van der Waals surface area contributed by atoms with E-state index in [1.807, 2.05) is 26.1 Å². The fourth-order valence-electron chi connectivity index (χ4n) is 1.95. The van der Waals surface area contributed by atoms with E-state index in [4.69, 9.17) is 14.7 Å². The fourth-order valence-corrected chi connectivity index (χ4v) is 1.95. The van der Waals surface area contributed by atoms with Gasteiger partial charge in [-0.25, -0.2) is 0 Å². The summed E-state index contributed by atoms with van der Waals surface area (Å²) >= 11 is 0. The molecule has 0 saturated carbocycles. The minimum atomic E-state index is 0.571. The number of nitrogens with zero attached hydrogens (tertiary/aromatic N) is 2. The van der Waals surface area contributed by atoms with Crippen LogP contribution in [0.25, 0.3) is 0 Å². The maximum absolute atomic E-state index is 8.55. The van der Waals surface area contributed by atoms with Crippen molar-refractivity contribution in [1.82, 2.24) is 0 Å². The number of hydrogen-bond acceptors (Lipinski definition) is 4. The summed E-state index contributed by atoms with van der Waals surface area (Å²) in [6, 6.07) is 6.08. The molecule has 0 aliphatic heterocycles. The molecule has 0 N–H and O–H groups in total. The summed E-state index contributed by atoms with van der Waals surface area (Å²) in [5.41, 5.74) is 2.01. The van der Waals surface area contributed by atoms with Crippen molar-refractivity contribution in [3.05, 3.63) is 17.7 Å². The molecule has 0 atom stereocenters. The van der Waals surface area contributed by atoms with Gasteiger partial charge in [0.15, 0.2) is 0 Å². The first-order valence-electron chi connectivity index (χ1n) is 5.95. The molecule has 0 bridgehead atoms. The molecule has 0 unspecified atom stereocenters. The molecule has 0 aliphatic rings. The number of hydrogen-bond donors (Lipinski definition) is 0. The van der Waals surface area contributed by atoms with Crippen LogP contribution < -0.4 is 14.4 Å². The zero-order chi connectivity index (χ0) is 13.5. The van der Waals surface area contributed by atoms with Crippen molar-refractivity contribution in [3.8, 4) is 17.6 Å². The Labute approximate surface area is 109 Å².